The van der Waals surface area contributed by atoms with Crippen molar-refractivity contribution in [1.29, 1.82) is 0 Å². The van der Waals surface area contributed by atoms with Crippen LogP contribution in [0.2, 0.25) is 0 Å². The predicted molar refractivity (Wildman–Crippen MR) is 63.2 cm³/mol. The fraction of sp³-hybridized carbons (Fsp3) is 0.769. The van der Waals surface area contributed by atoms with Gasteiger partial charge >= 0.3 is 0 Å². The lowest BCUT2D eigenvalue weighted by atomic mass is 9.88. The molecule has 0 aliphatic heterocycles. The quantitative estimate of drug-likeness (QED) is 0.568. The van der Waals surface area contributed by atoms with Crippen molar-refractivity contribution in [2.75, 3.05) is 0 Å². The van der Waals surface area contributed by atoms with Crippen molar-refractivity contribution in [3.05, 3.63) is 0 Å². The van der Waals surface area contributed by atoms with Gasteiger partial charge in [0.15, 0.2) is 17.3 Å². The van der Waals surface area contributed by atoms with Crippen LogP contribution in [0.4, 0.5) is 0 Å². The molecule has 0 amide bonds. The van der Waals surface area contributed by atoms with Crippen LogP contribution in [0.1, 0.15) is 59.3 Å². The summed E-state index contributed by atoms with van der Waals surface area (Å²) in [6.07, 6.45) is 3.05. The standard InChI is InChI=1S/C13H22O3/c1-4-7-10(14)13(11(15)8-5-2)12(16)9-6-3/h13H,4-9H2,1-3H3. The lowest BCUT2D eigenvalue weighted by Gasteiger charge is -2.12. The summed E-state index contributed by atoms with van der Waals surface area (Å²) in [4.78, 5) is 35.2. The van der Waals surface area contributed by atoms with Gasteiger partial charge in [0.2, 0.25) is 0 Å². The van der Waals surface area contributed by atoms with Crippen LogP contribution in [-0.2, 0) is 14.4 Å². The summed E-state index contributed by atoms with van der Waals surface area (Å²) in [7, 11) is 0. The van der Waals surface area contributed by atoms with Crippen LogP contribution in [0.3, 0.4) is 0 Å². The van der Waals surface area contributed by atoms with Gasteiger partial charge in [0.25, 0.3) is 0 Å². The number of carbonyl (C=O) groups is 3. The molecule has 0 radical (unpaired) electrons. The molecule has 0 aliphatic carbocycles. The molecule has 0 aromatic carbocycles. The number of Topliss-reactive ketones (excluding diaryl/α,β-unsaturated/α-hetero) is 3. The van der Waals surface area contributed by atoms with Gasteiger partial charge in [-0.1, -0.05) is 20.8 Å². The third kappa shape index (κ3) is 4.69. The van der Waals surface area contributed by atoms with Crippen LogP contribution in [0, 0.1) is 5.92 Å². The first-order chi connectivity index (χ1) is 7.58. The molecular weight excluding hydrogens is 204 g/mol. The number of rotatable bonds is 9. The van der Waals surface area contributed by atoms with Crippen LogP contribution in [0.25, 0.3) is 0 Å². The van der Waals surface area contributed by atoms with E-state index in [1.807, 2.05) is 20.8 Å². The number of hydrogen-bond acceptors (Lipinski definition) is 3. The number of ketones is 3. The Kier molecular flexibility index (Phi) is 7.69. The van der Waals surface area contributed by atoms with E-state index in [1.54, 1.807) is 0 Å². The van der Waals surface area contributed by atoms with E-state index in [2.05, 4.69) is 0 Å². The lowest BCUT2D eigenvalue weighted by molar-refractivity contribution is -0.140. The second-order valence-corrected chi connectivity index (χ2v) is 4.08. The van der Waals surface area contributed by atoms with E-state index >= 15 is 0 Å². The van der Waals surface area contributed by atoms with Gasteiger partial charge < -0.3 is 0 Å². The summed E-state index contributed by atoms with van der Waals surface area (Å²) < 4.78 is 0. The molecule has 0 saturated carbocycles. The lowest BCUT2D eigenvalue weighted by Crippen LogP contribution is -2.31. The Bertz CT molecular complexity index is 213. The Hall–Kier alpha value is -0.990. The predicted octanol–water partition coefficient (Wildman–Crippen LogP) is 2.71. The minimum Gasteiger partial charge on any atom is -0.298 e. The number of hydrogen-bond donors (Lipinski definition) is 0. The topological polar surface area (TPSA) is 51.2 Å². The summed E-state index contributed by atoms with van der Waals surface area (Å²) in [6, 6.07) is 0. The van der Waals surface area contributed by atoms with Crippen molar-refractivity contribution in [2.45, 2.75) is 59.3 Å². The molecule has 3 heteroatoms. The highest BCUT2D eigenvalue weighted by Crippen LogP contribution is 2.13. The zero-order valence-corrected chi connectivity index (χ0v) is 10.5. The van der Waals surface area contributed by atoms with E-state index in [4.69, 9.17) is 0 Å². The van der Waals surface area contributed by atoms with Gasteiger partial charge in [-0.05, 0) is 19.3 Å². The van der Waals surface area contributed by atoms with Gasteiger partial charge in [0.1, 0.15) is 5.92 Å². The van der Waals surface area contributed by atoms with Crippen molar-refractivity contribution >= 4 is 17.3 Å². The van der Waals surface area contributed by atoms with Crippen molar-refractivity contribution in [3.63, 3.8) is 0 Å². The summed E-state index contributed by atoms with van der Waals surface area (Å²) in [6.45, 7) is 5.64. The Morgan fingerprint density at radius 2 is 0.938 bits per heavy atom. The first kappa shape index (κ1) is 15.0. The maximum Gasteiger partial charge on any atom is 0.150 e. The Labute approximate surface area is 97.6 Å². The second kappa shape index (κ2) is 8.20. The largest absolute Gasteiger partial charge is 0.298 e. The monoisotopic (exact) mass is 226 g/mol. The molecule has 0 spiro atoms. The zero-order valence-electron chi connectivity index (χ0n) is 10.5. The van der Waals surface area contributed by atoms with Crippen molar-refractivity contribution in [2.24, 2.45) is 5.92 Å². The van der Waals surface area contributed by atoms with Gasteiger partial charge in [-0.3, -0.25) is 14.4 Å². The molecule has 0 aliphatic rings. The molecule has 92 valence electrons. The molecule has 0 rings (SSSR count). The van der Waals surface area contributed by atoms with Crippen molar-refractivity contribution in [1.82, 2.24) is 0 Å². The summed E-state index contributed by atoms with van der Waals surface area (Å²) >= 11 is 0. The zero-order chi connectivity index (χ0) is 12.6. The third-order valence-electron chi connectivity index (χ3n) is 2.46. The molecule has 0 bridgehead atoms. The Morgan fingerprint density at radius 3 is 1.12 bits per heavy atom. The number of carbonyl (C=O) groups excluding carboxylic acids is 3. The van der Waals surface area contributed by atoms with E-state index in [9.17, 15) is 14.4 Å². The van der Waals surface area contributed by atoms with Crippen LogP contribution >= 0.6 is 0 Å². The second-order valence-electron chi connectivity index (χ2n) is 4.08. The molecule has 0 fully saturated rings. The van der Waals surface area contributed by atoms with Gasteiger partial charge in [-0.25, -0.2) is 0 Å². The molecule has 0 atom stereocenters. The molecular formula is C13H22O3. The fourth-order valence-electron chi connectivity index (χ4n) is 1.71. The average Bonchev–Trinajstić information content (AvgIpc) is 2.19. The smallest absolute Gasteiger partial charge is 0.150 e. The molecule has 16 heavy (non-hydrogen) atoms. The highest BCUT2D eigenvalue weighted by atomic mass is 16.2. The minimum absolute atomic E-state index is 0.195. The molecule has 0 unspecified atom stereocenters. The third-order valence-corrected chi connectivity index (χ3v) is 2.46. The van der Waals surface area contributed by atoms with Gasteiger partial charge in [-0.2, -0.15) is 0 Å². The van der Waals surface area contributed by atoms with E-state index in [0.717, 1.165) is 0 Å². The maximum atomic E-state index is 11.7. The van der Waals surface area contributed by atoms with E-state index in [-0.39, 0.29) is 17.3 Å². The van der Waals surface area contributed by atoms with E-state index < -0.39 is 5.92 Å². The van der Waals surface area contributed by atoms with Crippen LogP contribution in [0.5, 0.6) is 0 Å². The molecule has 0 heterocycles. The summed E-state index contributed by atoms with van der Waals surface area (Å²) in [5, 5.41) is 0. The van der Waals surface area contributed by atoms with Crippen LogP contribution in [-0.4, -0.2) is 17.3 Å². The maximum absolute atomic E-state index is 11.7. The molecule has 0 N–H and O–H groups in total. The normalized spacial score (nSPS) is 10.5. The average molecular weight is 226 g/mol. The molecule has 0 aromatic rings. The highest BCUT2D eigenvalue weighted by Gasteiger charge is 2.30. The molecule has 0 aromatic heterocycles. The van der Waals surface area contributed by atoms with Crippen molar-refractivity contribution < 1.29 is 14.4 Å². The fourth-order valence-corrected chi connectivity index (χ4v) is 1.71. The minimum atomic E-state index is -0.972. The van der Waals surface area contributed by atoms with Crippen molar-refractivity contribution in [3.8, 4) is 0 Å². The molecule has 0 saturated heterocycles. The van der Waals surface area contributed by atoms with E-state index in [0.29, 0.717) is 38.5 Å². The van der Waals surface area contributed by atoms with Gasteiger partial charge in [-0.15, -0.1) is 0 Å². The summed E-state index contributed by atoms with van der Waals surface area (Å²) in [5.74, 6) is -1.56. The Balaban J connectivity index is 4.68. The van der Waals surface area contributed by atoms with Crippen LogP contribution in [0.15, 0.2) is 0 Å². The SMILES string of the molecule is CCCC(=O)C(C(=O)CCC)C(=O)CCC. The van der Waals surface area contributed by atoms with Gasteiger partial charge in [0, 0.05) is 19.3 Å². The first-order valence-electron chi connectivity index (χ1n) is 6.16. The van der Waals surface area contributed by atoms with E-state index in [1.165, 1.54) is 0 Å². The summed E-state index contributed by atoms with van der Waals surface area (Å²) in [5.41, 5.74) is 0. The Morgan fingerprint density at radius 1 is 0.688 bits per heavy atom. The highest BCUT2D eigenvalue weighted by molar-refractivity contribution is 6.19. The molecule has 3 nitrogen and oxygen atoms in total. The van der Waals surface area contributed by atoms with Crippen LogP contribution < -0.4 is 0 Å². The first-order valence-corrected chi connectivity index (χ1v) is 6.16. The van der Waals surface area contributed by atoms with Gasteiger partial charge in [0.05, 0.1) is 0 Å².